The molecule has 0 aromatic rings. The van der Waals surface area contributed by atoms with E-state index in [4.69, 9.17) is 0 Å². The number of hydrazine groups is 1. The summed E-state index contributed by atoms with van der Waals surface area (Å²) in [6, 6.07) is 0. The first kappa shape index (κ1) is 8.52. The quantitative estimate of drug-likeness (QED) is 0.542. The third kappa shape index (κ3) is 1.38. The van der Waals surface area contributed by atoms with Crippen molar-refractivity contribution in [1.29, 1.82) is 0 Å². The minimum Gasteiger partial charge on any atom is -0.241 e. The highest BCUT2D eigenvalue weighted by atomic mass is 15.7. The molecule has 0 amide bonds. The zero-order valence-corrected chi connectivity index (χ0v) is 8.72. The molecule has 2 nitrogen and oxygen atoms in total. The van der Waals surface area contributed by atoms with Gasteiger partial charge in [0.1, 0.15) is 0 Å². The molecule has 0 unspecified atom stereocenters. The van der Waals surface area contributed by atoms with Gasteiger partial charge in [0.25, 0.3) is 0 Å². The Morgan fingerprint density at radius 2 is 0.917 bits per heavy atom. The van der Waals surface area contributed by atoms with Crippen LogP contribution in [0.3, 0.4) is 0 Å². The lowest BCUT2D eigenvalue weighted by Crippen LogP contribution is -2.28. The van der Waals surface area contributed by atoms with E-state index in [1.807, 2.05) is 0 Å². The van der Waals surface area contributed by atoms with Gasteiger partial charge < -0.3 is 0 Å². The molecule has 0 aromatic heterocycles. The molecule has 2 aliphatic heterocycles. The molecule has 0 spiro atoms. The molecule has 2 aliphatic rings. The third-order valence-corrected chi connectivity index (χ3v) is 2.84. The summed E-state index contributed by atoms with van der Waals surface area (Å²) in [6.45, 7) is 14.4. The van der Waals surface area contributed by atoms with Crippen molar-refractivity contribution in [2.24, 2.45) is 10.8 Å². The molecule has 70 valence electrons. The van der Waals surface area contributed by atoms with E-state index < -0.39 is 0 Å². The lowest BCUT2D eigenvalue weighted by molar-refractivity contribution is 0.0894. The maximum atomic E-state index is 2.53. The predicted molar refractivity (Wildman–Crippen MR) is 50.7 cm³/mol. The SMILES string of the molecule is CC1(C)CN2CC(C)(C)CN2C1. The van der Waals surface area contributed by atoms with Crippen LogP contribution in [0.1, 0.15) is 27.7 Å². The van der Waals surface area contributed by atoms with Gasteiger partial charge >= 0.3 is 0 Å². The van der Waals surface area contributed by atoms with Gasteiger partial charge in [-0.2, -0.15) is 0 Å². The molecule has 0 aromatic carbocycles. The Balaban J connectivity index is 2.07. The lowest BCUT2D eigenvalue weighted by atomic mass is 9.90. The van der Waals surface area contributed by atoms with E-state index in [1.165, 1.54) is 26.2 Å². The fourth-order valence-corrected chi connectivity index (χ4v) is 2.59. The number of nitrogens with zero attached hydrogens (tertiary/aromatic N) is 2. The summed E-state index contributed by atoms with van der Waals surface area (Å²) in [5, 5.41) is 5.06. The van der Waals surface area contributed by atoms with Crippen molar-refractivity contribution in [3.05, 3.63) is 0 Å². The van der Waals surface area contributed by atoms with Crippen molar-refractivity contribution in [3.63, 3.8) is 0 Å². The lowest BCUT2D eigenvalue weighted by Gasteiger charge is -2.21. The van der Waals surface area contributed by atoms with E-state index in [2.05, 4.69) is 37.7 Å². The second kappa shape index (κ2) is 2.24. The van der Waals surface area contributed by atoms with Gasteiger partial charge in [-0.05, 0) is 10.8 Å². The highest BCUT2D eigenvalue weighted by Gasteiger charge is 2.44. The molecule has 2 rings (SSSR count). The number of fused-ring (bicyclic) bond motifs is 1. The summed E-state index contributed by atoms with van der Waals surface area (Å²) in [6.07, 6.45) is 0. The van der Waals surface area contributed by atoms with E-state index >= 15 is 0 Å². The van der Waals surface area contributed by atoms with Crippen LogP contribution in [0.25, 0.3) is 0 Å². The maximum absolute atomic E-state index is 2.53. The molecule has 0 atom stereocenters. The number of rotatable bonds is 0. The van der Waals surface area contributed by atoms with Crippen LogP contribution in [0, 0.1) is 10.8 Å². The summed E-state index contributed by atoms with van der Waals surface area (Å²) >= 11 is 0. The molecule has 0 radical (unpaired) electrons. The van der Waals surface area contributed by atoms with Crippen molar-refractivity contribution in [2.45, 2.75) is 27.7 Å². The summed E-state index contributed by atoms with van der Waals surface area (Å²) in [7, 11) is 0. The molecule has 2 saturated heterocycles. The molecular formula is C10H20N2. The van der Waals surface area contributed by atoms with Crippen molar-refractivity contribution in [3.8, 4) is 0 Å². The second-order valence-electron chi connectivity index (χ2n) is 5.97. The Kier molecular flexibility index (Phi) is 1.59. The first-order valence-electron chi connectivity index (χ1n) is 4.88. The topological polar surface area (TPSA) is 6.48 Å². The van der Waals surface area contributed by atoms with Gasteiger partial charge in [-0.25, -0.2) is 10.0 Å². The zero-order valence-electron chi connectivity index (χ0n) is 8.72. The predicted octanol–water partition coefficient (Wildman–Crippen LogP) is 1.58. The van der Waals surface area contributed by atoms with Gasteiger partial charge in [-0.3, -0.25) is 0 Å². The molecule has 0 aliphatic carbocycles. The van der Waals surface area contributed by atoms with Crippen molar-refractivity contribution >= 4 is 0 Å². The molecule has 12 heavy (non-hydrogen) atoms. The molecule has 2 heteroatoms. The highest BCUT2D eigenvalue weighted by Crippen LogP contribution is 2.37. The van der Waals surface area contributed by atoms with Crippen molar-refractivity contribution in [1.82, 2.24) is 10.0 Å². The van der Waals surface area contributed by atoms with Gasteiger partial charge in [0, 0.05) is 26.2 Å². The monoisotopic (exact) mass is 168 g/mol. The van der Waals surface area contributed by atoms with E-state index in [1.54, 1.807) is 0 Å². The standard InChI is InChI=1S/C10H20N2/c1-9(2)5-11-7-10(3,4)8-12(11)6-9/h5-8H2,1-4H3. The summed E-state index contributed by atoms with van der Waals surface area (Å²) in [5.74, 6) is 0. The molecular weight excluding hydrogens is 148 g/mol. The van der Waals surface area contributed by atoms with Crippen LogP contribution in [0.2, 0.25) is 0 Å². The fraction of sp³-hybridized carbons (Fsp3) is 1.00. The largest absolute Gasteiger partial charge is 0.241 e. The zero-order chi connectivity index (χ0) is 8.98. The first-order chi connectivity index (χ1) is 5.38. The fourth-order valence-electron chi connectivity index (χ4n) is 2.59. The van der Waals surface area contributed by atoms with Crippen LogP contribution < -0.4 is 0 Å². The van der Waals surface area contributed by atoms with E-state index in [-0.39, 0.29) is 0 Å². The minimum absolute atomic E-state index is 0.510. The van der Waals surface area contributed by atoms with Crippen LogP contribution in [-0.2, 0) is 0 Å². The van der Waals surface area contributed by atoms with Gasteiger partial charge in [-0.15, -0.1) is 0 Å². The average molecular weight is 168 g/mol. The van der Waals surface area contributed by atoms with Gasteiger partial charge in [0.15, 0.2) is 0 Å². The van der Waals surface area contributed by atoms with Crippen molar-refractivity contribution < 1.29 is 0 Å². The summed E-state index contributed by atoms with van der Waals surface area (Å²) in [5.41, 5.74) is 1.02. The van der Waals surface area contributed by atoms with Crippen LogP contribution >= 0.6 is 0 Å². The van der Waals surface area contributed by atoms with Crippen LogP contribution in [0.15, 0.2) is 0 Å². The Bertz CT molecular complexity index is 158. The molecule has 0 N–H and O–H groups in total. The van der Waals surface area contributed by atoms with Gasteiger partial charge in [0.2, 0.25) is 0 Å². The summed E-state index contributed by atoms with van der Waals surface area (Å²) in [4.78, 5) is 0. The number of hydrogen-bond donors (Lipinski definition) is 0. The molecule has 0 bridgehead atoms. The van der Waals surface area contributed by atoms with Crippen LogP contribution in [0.4, 0.5) is 0 Å². The molecule has 2 heterocycles. The first-order valence-corrected chi connectivity index (χ1v) is 4.88. The Labute approximate surface area is 75.5 Å². The van der Waals surface area contributed by atoms with Crippen LogP contribution in [-0.4, -0.2) is 36.2 Å². The smallest absolute Gasteiger partial charge is 0.0197 e. The molecule has 2 fully saturated rings. The molecule has 0 saturated carbocycles. The van der Waals surface area contributed by atoms with E-state index in [0.717, 1.165) is 0 Å². The maximum Gasteiger partial charge on any atom is 0.0197 e. The second-order valence-corrected chi connectivity index (χ2v) is 5.97. The Morgan fingerprint density at radius 1 is 0.667 bits per heavy atom. The average Bonchev–Trinajstić information content (AvgIpc) is 2.12. The highest BCUT2D eigenvalue weighted by molar-refractivity contribution is 4.93. The third-order valence-electron chi connectivity index (χ3n) is 2.84. The van der Waals surface area contributed by atoms with Crippen molar-refractivity contribution in [2.75, 3.05) is 26.2 Å². The summed E-state index contributed by atoms with van der Waals surface area (Å²) < 4.78 is 0. The minimum atomic E-state index is 0.510. The van der Waals surface area contributed by atoms with Gasteiger partial charge in [0.05, 0.1) is 0 Å². The normalized spacial score (nSPS) is 34.0. The Morgan fingerprint density at radius 3 is 1.17 bits per heavy atom. The van der Waals surface area contributed by atoms with Crippen LogP contribution in [0.5, 0.6) is 0 Å². The Hall–Kier alpha value is -0.0800. The van der Waals surface area contributed by atoms with E-state index in [9.17, 15) is 0 Å². The van der Waals surface area contributed by atoms with E-state index in [0.29, 0.717) is 10.8 Å². The number of hydrogen-bond acceptors (Lipinski definition) is 2. The van der Waals surface area contributed by atoms with Gasteiger partial charge in [-0.1, -0.05) is 27.7 Å².